The molecule has 5 nitrogen and oxygen atoms in total. The Morgan fingerprint density at radius 2 is 1.42 bits per heavy atom. The van der Waals surface area contributed by atoms with E-state index in [0.717, 1.165) is 47.5 Å². The van der Waals surface area contributed by atoms with Gasteiger partial charge in [-0.2, -0.15) is 0 Å². The minimum absolute atomic E-state index is 0.0616. The lowest BCUT2D eigenvalue weighted by molar-refractivity contribution is -0.150. The number of benzene rings is 3. The molecule has 188 valence electrons. The summed E-state index contributed by atoms with van der Waals surface area (Å²) in [7, 11) is 0. The number of aromatic hydroxyl groups is 1. The fourth-order valence-electron chi connectivity index (χ4n) is 5.80. The Morgan fingerprint density at radius 3 is 1.97 bits per heavy atom. The van der Waals surface area contributed by atoms with Crippen molar-refractivity contribution >= 4 is 5.91 Å². The highest BCUT2D eigenvalue weighted by molar-refractivity contribution is 5.86. The third-order valence-electron chi connectivity index (χ3n) is 8.17. The van der Waals surface area contributed by atoms with Gasteiger partial charge in [-0.15, -0.1) is 0 Å². The van der Waals surface area contributed by atoms with Gasteiger partial charge in [-0.25, -0.2) is 0 Å². The molecule has 1 unspecified atom stereocenters. The number of hydrogen-bond acceptors (Lipinski definition) is 4. The predicted molar refractivity (Wildman–Crippen MR) is 143 cm³/mol. The second-order valence-corrected chi connectivity index (χ2v) is 10.4. The maximum Gasteiger partial charge on any atom is 0.266 e. The van der Waals surface area contributed by atoms with E-state index in [4.69, 9.17) is 4.74 Å². The molecule has 0 radical (unpaired) electrons. The van der Waals surface area contributed by atoms with Gasteiger partial charge < -0.3 is 14.7 Å². The summed E-state index contributed by atoms with van der Waals surface area (Å²) in [5.74, 6) is 1.18. The number of phenols is 1. The molecule has 1 amide bonds. The van der Waals surface area contributed by atoms with Crippen LogP contribution in [-0.2, 0) is 11.2 Å². The molecule has 0 aromatic heterocycles. The van der Waals surface area contributed by atoms with Crippen molar-refractivity contribution < 1.29 is 14.6 Å². The van der Waals surface area contributed by atoms with Crippen LogP contribution in [0.3, 0.4) is 0 Å². The van der Waals surface area contributed by atoms with E-state index in [0.29, 0.717) is 25.3 Å². The standard InChI is InChI=1S/C31H36N2O3/c1-21-22(2)29-26(23(3)28(21)34)15-16-31(4,36-29)30(35)33-19-17-32(18-20-33)27(24-11-7-5-8-12-24)25-13-9-6-10-14-25/h5-14,27,34H,15-20H2,1-4H3. The highest BCUT2D eigenvalue weighted by Crippen LogP contribution is 2.44. The highest BCUT2D eigenvalue weighted by Gasteiger charge is 2.44. The van der Waals surface area contributed by atoms with Crippen molar-refractivity contribution in [1.29, 1.82) is 0 Å². The largest absolute Gasteiger partial charge is 0.507 e. The first kappa shape index (κ1) is 24.4. The first-order chi connectivity index (χ1) is 17.3. The number of carbonyl (C=O) groups excluding carboxylic acids is 1. The predicted octanol–water partition coefficient (Wildman–Crippen LogP) is 5.33. The van der Waals surface area contributed by atoms with Gasteiger partial charge in [0.2, 0.25) is 0 Å². The molecule has 1 atom stereocenters. The maximum absolute atomic E-state index is 13.8. The van der Waals surface area contributed by atoms with Crippen LogP contribution in [0.25, 0.3) is 0 Å². The molecule has 2 aliphatic rings. The zero-order chi connectivity index (χ0) is 25.4. The van der Waals surface area contributed by atoms with Crippen molar-refractivity contribution in [3.8, 4) is 11.5 Å². The molecule has 1 saturated heterocycles. The van der Waals surface area contributed by atoms with Gasteiger partial charge in [-0.3, -0.25) is 9.69 Å². The zero-order valence-corrected chi connectivity index (χ0v) is 21.8. The summed E-state index contributed by atoms with van der Waals surface area (Å²) >= 11 is 0. The van der Waals surface area contributed by atoms with E-state index in [2.05, 4.69) is 65.6 Å². The van der Waals surface area contributed by atoms with E-state index in [-0.39, 0.29) is 11.9 Å². The Morgan fingerprint density at radius 1 is 0.861 bits per heavy atom. The van der Waals surface area contributed by atoms with Crippen LogP contribution in [0.4, 0.5) is 0 Å². The minimum atomic E-state index is -0.895. The molecule has 2 heterocycles. The molecule has 2 aliphatic heterocycles. The molecule has 1 fully saturated rings. The van der Waals surface area contributed by atoms with Gasteiger partial charge in [0.05, 0.1) is 6.04 Å². The van der Waals surface area contributed by atoms with E-state index < -0.39 is 5.60 Å². The molecular formula is C31H36N2O3. The third-order valence-corrected chi connectivity index (χ3v) is 8.17. The molecule has 0 bridgehead atoms. The second-order valence-electron chi connectivity index (χ2n) is 10.4. The Labute approximate surface area is 214 Å². The number of nitrogens with zero attached hydrogens (tertiary/aromatic N) is 2. The Kier molecular flexibility index (Phi) is 6.52. The van der Waals surface area contributed by atoms with Crippen LogP contribution in [0.15, 0.2) is 60.7 Å². The summed E-state index contributed by atoms with van der Waals surface area (Å²) in [4.78, 5) is 18.2. The average molecular weight is 485 g/mol. The lowest BCUT2D eigenvalue weighted by Gasteiger charge is -2.44. The number of piperazine rings is 1. The quantitative estimate of drug-likeness (QED) is 0.544. The normalized spacial score (nSPS) is 20.2. The Bertz CT molecular complexity index is 1210. The summed E-state index contributed by atoms with van der Waals surface area (Å²) in [6.07, 6.45) is 1.33. The van der Waals surface area contributed by atoms with Crippen LogP contribution in [0.5, 0.6) is 11.5 Å². The van der Waals surface area contributed by atoms with Crippen LogP contribution in [0, 0.1) is 20.8 Å². The van der Waals surface area contributed by atoms with Crippen molar-refractivity contribution in [2.75, 3.05) is 26.2 Å². The van der Waals surface area contributed by atoms with Gasteiger partial charge in [0.1, 0.15) is 11.5 Å². The number of fused-ring (bicyclic) bond motifs is 1. The number of amides is 1. The van der Waals surface area contributed by atoms with Crippen molar-refractivity contribution in [3.05, 3.63) is 94.0 Å². The van der Waals surface area contributed by atoms with Gasteiger partial charge in [0.15, 0.2) is 5.60 Å². The van der Waals surface area contributed by atoms with Crippen molar-refractivity contribution in [2.45, 2.75) is 52.2 Å². The lowest BCUT2D eigenvalue weighted by atomic mass is 9.86. The van der Waals surface area contributed by atoms with Gasteiger partial charge in [0.25, 0.3) is 5.91 Å². The van der Waals surface area contributed by atoms with Gasteiger partial charge in [-0.1, -0.05) is 60.7 Å². The van der Waals surface area contributed by atoms with E-state index in [1.165, 1.54) is 11.1 Å². The van der Waals surface area contributed by atoms with E-state index in [9.17, 15) is 9.90 Å². The molecule has 5 heteroatoms. The van der Waals surface area contributed by atoms with Crippen LogP contribution >= 0.6 is 0 Å². The van der Waals surface area contributed by atoms with Crippen molar-refractivity contribution in [3.63, 3.8) is 0 Å². The second kappa shape index (κ2) is 9.62. The smallest absolute Gasteiger partial charge is 0.266 e. The molecule has 3 aromatic carbocycles. The van der Waals surface area contributed by atoms with Gasteiger partial charge >= 0.3 is 0 Å². The average Bonchev–Trinajstić information content (AvgIpc) is 2.92. The van der Waals surface area contributed by atoms with Gasteiger partial charge in [0, 0.05) is 38.2 Å². The van der Waals surface area contributed by atoms with Crippen molar-refractivity contribution in [1.82, 2.24) is 9.80 Å². The number of hydrogen-bond donors (Lipinski definition) is 1. The van der Waals surface area contributed by atoms with E-state index in [1.54, 1.807) is 0 Å². The van der Waals surface area contributed by atoms with Crippen molar-refractivity contribution in [2.24, 2.45) is 0 Å². The molecule has 36 heavy (non-hydrogen) atoms. The molecule has 0 aliphatic carbocycles. The van der Waals surface area contributed by atoms with E-state index >= 15 is 0 Å². The first-order valence-corrected chi connectivity index (χ1v) is 12.9. The van der Waals surface area contributed by atoms with Gasteiger partial charge in [-0.05, 0) is 61.9 Å². The minimum Gasteiger partial charge on any atom is -0.507 e. The summed E-state index contributed by atoms with van der Waals surface area (Å²) in [6, 6.07) is 21.4. The lowest BCUT2D eigenvalue weighted by Crippen LogP contribution is -2.58. The number of carbonyl (C=O) groups is 1. The molecule has 0 saturated carbocycles. The monoisotopic (exact) mass is 484 g/mol. The summed E-state index contributed by atoms with van der Waals surface area (Å²) in [5, 5.41) is 10.5. The fourth-order valence-corrected chi connectivity index (χ4v) is 5.80. The van der Waals surface area contributed by atoms with Crippen LogP contribution < -0.4 is 4.74 Å². The molecule has 0 spiro atoms. The Balaban J connectivity index is 1.33. The fraction of sp³-hybridized carbons (Fsp3) is 0.387. The summed E-state index contributed by atoms with van der Waals surface area (Å²) in [5.41, 5.74) is 5.28. The first-order valence-electron chi connectivity index (χ1n) is 12.9. The molecule has 5 rings (SSSR count). The van der Waals surface area contributed by atoms with Crippen LogP contribution in [0.2, 0.25) is 0 Å². The van der Waals surface area contributed by atoms with Crippen LogP contribution in [0.1, 0.15) is 52.8 Å². The molecule has 1 N–H and O–H groups in total. The number of phenolic OH excluding ortho intramolecular Hbond substituents is 1. The SMILES string of the molecule is Cc1c(C)c2c(c(C)c1O)CCC(C)(C(=O)N1CCN(C(c3ccccc3)c3ccccc3)CC1)O2. The summed E-state index contributed by atoms with van der Waals surface area (Å²) in [6.45, 7) is 10.7. The van der Waals surface area contributed by atoms with Crippen LogP contribution in [-0.4, -0.2) is 52.6 Å². The topological polar surface area (TPSA) is 53.0 Å². The zero-order valence-electron chi connectivity index (χ0n) is 21.8. The molecular weight excluding hydrogens is 448 g/mol. The summed E-state index contributed by atoms with van der Waals surface area (Å²) < 4.78 is 6.48. The third kappa shape index (κ3) is 4.26. The Hall–Kier alpha value is -3.31. The number of ether oxygens (including phenoxy) is 1. The molecule has 3 aromatic rings. The highest BCUT2D eigenvalue weighted by atomic mass is 16.5. The maximum atomic E-state index is 13.8. The number of rotatable bonds is 4. The van der Waals surface area contributed by atoms with E-state index in [1.807, 2.05) is 32.6 Å².